The Morgan fingerprint density at radius 1 is 1.32 bits per heavy atom. The Labute approximate surface area is 114 Å². The zero-order valence-electron chi connectivity index (χ0n) is 11.8. The van der Waals surface area contributed by atoms with Gasteiger partial charge in [0.15, 0.2) is 0 Å². The van der Waals surface area contributed by atoms with Crippen LogP contribution in [-0.2, 0) is 4.74 Å². The summed E-state index contributed by atoms with van der Waals surface area (Å²) in [5.41, 5.74) is 6.45. The van der Waals surface area contributed by atoms with Gasteiger partial charge < -0.3 is 20.1 Å². The molecule has 1 aromatic carbocycles. The normalized spacial score (nSPS) is 10.5. The van der Waals surface area contributed by atoms with E-state index in [-0.39, 0.29) is 0 Å². The minimum Gasteiger partial charge on any atom is -0.492 e. The van der Waals surface area contributed by atoms with Crippen LogP contribution in [0.3, 0.4) is 0 Å². The molecule has 0 fully saturated rings. The van der Waals surface area contributed by atoms with Crippen molar-refractivity contribution in [3.8, 4) is 5.75 Å². The molecule has 0 amide bonds. The number of carbonyl (C=O) groups is 1. The number of hydrogen-bond acceptors (Lipinski definition) is 5. The Morgan fingerprint density at radius 2 is 2.00 bits per heavy atom. The van der Waals surface area contributed by atoms with E-state index in [1.165, 1.54) is 7.11 Å². The maximum Gasteiger partial charge on any atom is 0.340 e. The number of carbonyl (C=O) groups excluding carboxylic acids is 1. The summed E-state index contributed by atoms with van der Waals surface area (Å²) < 4.78 is 10.3. The van der Waals surface area contributed by atoms with Crippen LogP contribution in [-0.4, -0.2) is 44.2 Å². The van der Waals surface area contributed by atoms with Crippen molar-refractivity contribution in [1.29, 1.82) is 0 Å². The number of ether oxygens (including phenoxy) is 2. The molecule has 0 aliphatic heterocycles. The topological polar surface area (TPSA) is 64.8 Å². The molecule has 19 heavy (non-hydrogen) atoms. The Bertz CT molecular complexity index is 417. The van der Waals surface area contributed by atoms with Crippen molar-refractivity contribution < 1.29 is 14.3 Å². The van der Waals surface area contributed by atoms with E-state index in [0.717, 1.165) is 19.6 Å². The summed E-state index contributed by atoms with van der Waals surface area (Å²) in [5.74, 6) is 0.174. The number of anilines is 1. The Morgan fingerprint density at radius 3 is 2.58 bits per heavy atom. The smallest absolute Gasteiger partial charge is 0.340 e. The number of rotatable bonds is 7. The van der Waals surface area contributed by atoms with Gasteiger partial charge in [-0.05, 0) is 31.3 Å². The van der Waals surface area contributed by atoms with Gasteiger partial charge in [-0.25, -0.2) is 4.79 Å². The van der Waals surface area contributed by atoms with Crippen molar-refractivity contribution in [2.45, 2.75) is 13.8 Å². The lowest BCUT2D eigenvalue weighted by Gasteiger charge is -2.18. The Kier molecular flexibility index (Phi) is 6.15. The second kappa shape index (κ2) is 7.63. The Hall–Kier alpha value is -1.75. The lowest BCUT2D eigenvalue weighted by atomic mass is 10.2. The monoisotopic (exact) mass is 266 g/mol. The fourth-order valence-electron chi connectivity index (χ4n) is 1.74. The number of esters is 1. The first-order valence-corrected chi connectivity index (χ1v) is 6.45. The molecule has 0 saturated heterocycles. The maximum atomic E-state index is 11.5. The highest BCUT2D eigenvalue weighted by Gasteiger charge is 2.11. The summed E-state index contributed by atoms with van der Waals surface area (Å²) >= 11 is 0. The average Bonchev–Trinajstić information content (AvgIpc) is 2.44. The summed E-state index contributed by atoms with van der Waals surface area (Å²) in [4.78, 5) is 13.8. The van der Waals surface area contributed by atoms with E-state index < -0.39 is 5.97 Å². The lowest BCUT2D eigenvalue weighted by Crippen LogP contribution is -2.27. The minimum atomic E-state index is -0.452. The summed E-state index contributed by atoms with van der Waals surface area (Å²) in [6, 6.07) is 5.02. The fourth-order valence-corrected chi connectivity index (χ4v) is 1.74. The first-order valence-electron chi connectivity index (χ1n) is 6.45. The van der Waals surface area contributed by atoms with E-state index >= 15 is 0 Å². The molecular weight excluding hydrogens is 244 g/mol. The fraction of sp³-hybridized carbons (Fsp3) is 0.500. The predicted molar refractivity (Wildman–Crippen MR) is 75.5 cm³/mol. The third-order valence-electron chi connectivity index (χ3n) is 3.00. The van der Waals surface area contributed by atoms with Gasteiger partial charge in [-0.1, -0.05) is 13.8 Å². The molecule has 1 rings (SSSR count). The predicted octanol–water partition coefficient (Wildman–Crippen LogP) is 1.78. The lowest BCUT2D eigenvalue weighted by molar-refractivity contribution is 0.0601. The van der Waals surface area contributed by atoms with Gasteiger partial charge in [0.1, 0.15) is 12.4 Å². The van der Waals surface area contributed by atoms with Crippen molar-refractivity contribution in [3.05, 3.63) is 23.8 Å². The van der Waals surface area contributed by atoms with Crippen LogP contribution < -0.4 is 10.5 Å². The third kappa shape index (κ3) is 4.44. The van der Waals surface area contributed by atoms with E-state index in [1.807, 2.05) is 0 Å². The molecule has 0 aromatic heterocycles. The van der Waals surface area contributed by atoms with E-state index in [9.17, 15) is 4.79 Å². The van der Waals surface area contributed by atoms with Crippen LogP contribution in [0.25, 0.3) is 0 Å². The minimum absolute atomic E-state index is 0.336. The molecule has 0 spiro atoms. The number of benzene rings is 1. The van der Waals surface area contributed by atoms with Crippen LogP contribution in [0, 0.1) is 0 Å². The van der Waals surface area contributed by atoms with E-state index in [1.54, 1.807) is 18.2 Å². The van der Waals surface area contributed by atoms with Crippen molar-refractivity contribution in [2.75, 3.05) is 39.1 Å². The second-order valence-electron chi connectivity index (χ2n) is 4.12. The molecule has 0 aliphatic carbocycles. The summed E-state index contributed by atoms with van der Waals surface area (Å²) in [5, 5.41) is 0. The highest BCUT2D eigenvalue weighted by atomic mass is 16.5. The molecule has 0 aliphatic rings. The van der Waals surface area contributed by atoms with Gasteiger partial charge >= 0.3 is 5.97 Å². The molecule has 5 heteroatoms. The van der Waals surface area contributed by atoms with E-state index in [2.05, 4.69) is 23.5 Å². The molecule has 0 atom stereocenters. The standard InChI is InChI=1S/C14H22N2O3/c1-4-16(5-2)8-9-19-11-6-7-13(15)12(10-11)14(17)18-3/h6-7,10H,4-5,8-9,15H2,1-3H3. The molecule has 106 valence electrons. The van der Waals surface area contributed by atoms with Gasteiger partial charge in [0, 0.05) is 12.2 Å². The van der Waals surface area contributed by atoms with Crippen molar-refractivity contribution in [2.24, 2.45) is 0 Å². The average molecular weight is 266 g/mol. The van der Waals surface area contributed by atoms with Crippen molar-refractivity contribution >= 4 is 11.7 Å². The number of nitrogen functional groups attached to an aromatic ring is 1. The number of methoxy groups -OCH3 is 1. The molecule has 0 radical (unpaired) electrons. The summed E-state index contributed by atoms with van der Waals surface area (Å²) in [7, 11) is 1.33. The van der Waals surface area contributed by atoms with E-state index in [0.29, 0.717) is 23.6 Å². The van der Waals surface area contributed by atoms with Crippen LogP contribution in [0.1, 0.15) is 24.2 Å². The zero-order valence-corrected chi connectivity index (χ0v) is 11.8. The molecule has 2 N–H and O–H groups in total. The maximum absolute atomic E-state index is 11.5. The first-order chi connectivity index (χ1) is 9.12. The van der Waals surface area contributed by atoms with Crippen LogP contribution in [0.2, 0.25) is 0 Å². The molecule has 0 saturated carbocycles. The number of hydrogen-bond donors (Lipinski definition) is 1. The summed E-state index contributed by atoms with van der Waals surface area (Å²) in [6.07, 6.45) is 0. The second-order valence-corrected chi connectivity index (χ2v) is 4.12. The van der Waals surface area contributed by atoms with E-state index in [4.69, 9.17) is 10.5 Å². The van der Waals surface area contributed by atoms with Gasteiger partial charge in [0.05, 0.1) is 12.7 Å². The Balaban J connectivity index is 2.62. The SMILES string of the molecule is CCN(CC)CCOc1ccc(N)c(C(=O)OC)c1. The quantitative estimate of drug-likeness (QED) is 0.602. The molecule has 0 unspecified atom stereocenters. The van der Waals surface area contributed by atoms with Crippen LogP contribution in [0.15, 0.2) is 18.2 Å². The largest absolute Gasteiger partial charge is 0.492 e. The van der Waals surface area contributed by atoms with Crippen LogP contribution in [0.5, 0.6) is 5.75 Å². The number of likely N-dealkylation sites (N-methyl/N-ethyl adjacent to an activating group) is 1. The van der Waals surface area contributed by atoms with Gasteiger partial charge in [-0.15, -0.1) is 0 Å². The number of nitrogens with zero attached hydrogens (tertiary/aromatic N) is 1. The highest BCUT2D eigenvalue weighted by Crippen LogP contribution is 2.20. The van der Waals surface area contributed by atoms with Gasteiger partial charge in [-0.3, -0.25) is 0 Å². The molecule has 0 bridgehead atoms. The molecular formula is C14H22N2O3. The van der Waals surface area contributed by atoms with Gasteiger partial charge in [0.25, 0.3) is 0 Å². The van der Waals surface area contributed by atoms with Gasteiger partial charge in [-0.2, -0.15) is 0 Å². The number of nitrogens with two attached hydrogens (primary N) is 1. The highest BCUT2D eigenvalue weighted by molar-refractivity contribution is 5.95. The third-order valence-corrected chi connectivity index (χ3v) is 3.00. The first kappa shape index (κ1) is 15.3. The molecule has 1 aromatic rings. The van der Waals surface area contributed by atoms with Crippen molar-refractivity contribution in [1.82, 2.24) is 4.90 Å². The van der Waals surface area contributed by atoms with Crippen LogP contribution in [0.4, 0.5) is 5.69 Å². The molecule has 5 nitrogen and oxygen atoms in total. The zero-order chi connectivity index (χ0) is 14.3. The summed E-state index contributed by atoms with van der Waals surface area (Å²) in [6.45, 7) is 7.64. The molecule has 0 heterocycles. The van der Waals surface area contributed by atoms with Crippen LogP contribution >= 0.6 is 0 Å². The van der Waals surface area contributed by atoms with Gasteiger partial charge in [0.2, 0.25) is 0 Å². The van der Waals surface area contributed by atoms with Crippen molar-refractivity contribution in [3.63, 3.8) is 0 Å².